The third-order valence-electron chi connectivity index (χ3n) is 5.29. The molecule has 8 heteroatoms. The number of H-pyrrole nitrogens is 1. The Bertz CT molecular complexity index is 1290. The number of aromatic nitrogens is 2. The molecule has 3 amide bonds. The summed E-state index contributed by atoms with van der Waals surface area (Å²) in [7, 11) is 0. The van der Waals surface area contributed by atoms with Crippen molar-refractivity contribution in [3.05, 3.63) is 89.1 Å². The summed E-state index contributed by atoms with van der Waals surface area (Å²) in [6.07, 6.45) is 1.49. The van der Waals surface area contributed by atoms with Crippen LogP contribution in [-0.4, -0.2) is 32.6 Å². The van der Waals surface area contributed by atoms with Crippen molar-refractivity contribution in [2.75, 3.05) is 0 Å². The summed E-state index contributed by atoms with van der Waals surface area (Å²) >= 11 is 0. The molecule has 154 valence electrons. The van der Waals surface area contributed by atoms with E-state index in [0.29, 0.717) is 17.1 Å². The lowest BCUT2D eigenvalue weighted by molar-refractivity contribution is 0.0631. The zero-order valence-corrected chi connectivity index (χ0v) is 16.6. The van der Waals surface area contributed by atoms with Crippen LogP contribution in [0.2, 0.25) is 0 Å². The minimum atomic E-state index is -0.448. The number of imidazole rings is 1. The highest BCUT2D eigenvalue weighted by Crippen LogP contribution is 2.26. The van der Waals surface area contributed by atoms with Crippen molar-refractivity contribution in [2.24, 2.45) is 0 Å². The standard InChI is InChI=1S/C23H18N4O4/c1-13(20-25-18-6-2-3-7-19(18)26-20)24-21(28)14-8-9-16-17(11-14)23(30)27(22(16)29)12-15-5-4-10-31-15/h2-11,13H,12H2,1H3,(H,24,28)(H,25,26). The molecular weight excluding hydrogens is 396 g/mol. The Morgan fingerprint density at radius 2 is 1.90 bits per heavy atom. The number of nitrogens with one attached hydrogen (secondary N) is 2. The maximum atomic E-state index is 12.8. The van der Waals surface area contributed by atoms with Crippen molar-refractivity contribution < 1.29 is 18.8 Å². The van der Waals surface area contributed by atoms with Crippen molar-refractivity contribution >= 4 is 28.8 Å². The maximum Gasteiger partial charge on any atom is 0.261 e. The van der Waals surface area contributed by atoms with Gasteiger partial charge in [0.15, 0.2) is 0 Å². The van der Waals surface area contributed by atoms with Gasteiger partial charge in [-0.15, -0.1) is 0 Å². The molecule has 1 unspecified atom stereocenters. The SMILES string of the molecule is CC(NC(=O)c1ccc2c(c1)C(=O)N(Cc1ccco1)C2=O)c1nc2ccccc2[nH]1. The molecule has 2 aromatic carbocycles. The van der Waals surface area contributed by atoms with Gasteiger partial charge in [-0.1, -0.05) is 12.1 Å². The molecular formula is C23H18N4O4. The van der Waals surface area contributed by atoms with Crippen LogP contribution in [0.1, 0.15) is 55.6 Å². The number of para-hydroxylation sites is 2. The fraction of sp³-hybridized carbons (Fsp3) is 0.130. The summed E-state index contributed by atoms with van der Waals surface area (Å²) in [5.41, 5.74) is 2.48. The number of carbonyl (C=O) groups is 3. The summed E-state index contributed by atoms with van der Waals surface area (Å²) in [6.45, 7) is 1.87. The van der Waals surface area contributed by atoms with Gasteiger partial charge in [-0.2, -0.15) is 0 Å². The van der Waals surface area contributed by atoms with Crippen LogP contribution < -0.4 is 5.32 Å². The number of aromatic amines is 1. The van der Waals surface area contributed by atoms with E-state index in [-0.39, 0.29) is 29.6 Å². The first-order chi connectivity index (χ1) is 15.0. The summed E-state index contributed by atoms with van der Waals surface area (Å²) < 4.78 is 5.24. The van der Waals surface area contributed by atoms with E-state index >= 15 is 0 Å². The van der Waals surface area contributed by atoms with E-state index in [1.165, 1.54) is 18.4 Å². The van der Waals surface area contributed by atoms with E-state index in [1.54, 1.807) is 18.2 Å². The lowest BCUT2D eigenvalue weighted by Crippen LogP contribution is -2.29. The lowest BCUT2D eigenvalue weighted by Gasteiger charge is -2.12. The van der Waals surface area contributed by atoms with Crippen molar-refractivity contribution in [3.63, 3.8) is 0 Å². The number of hydrogen-bond acceptors (Lipinski definition) is 5. The van der Waals surface area contributed by atoms with E-state index in [0.717, 1.165) is 15.9 Å². The van der Waals surface area contributed by atoms with Crippen LogP contribution in [-0.2, 0) is 6.54 Å². The van der Waals surface area contributed by atoms with Crippen molar-refractivity contribution in [3.8, 4) is 0 Å². The molecule has 2 aromatic heterocycles. The Kier molecular flexibility index (Phi) is 4.39. The average molecular weight is 414 g/mol. The van der Waals surface area contributed by atoms with Gasteiger partial charge in [-0.25, -0.2) is 4.98 Å². The zero-order chi connectivity index (χ0) is 21.5. The summed E-state index contributed by atoms with van der Waals surface area (Å²) in [5.74, 6) is -0.0745. The highest BCUT2D eigenvalue weighted by molar-refractivity contribution is 6.22. The number of amides is 3. The third-order valence-corrected chi connectivity index (χ3v) is 5.29. The molecule has 0 fully saturated rings. The second kappa shape index (κ2) is 7.24. The van der Waals surface area contributed by atoms with Crippen LogP contribution in [0.4, 0.5) is 0 Å². The molecule has 3 heterocycles. The maximum absolute atomic E-state index is 12.8. The topological polar surface area (TPSA) is 108 Å². The van der Waals surface area contributed by atoms with Gasteiger partial charge in [-0.3, -0.25) is 19.3 Å². The number of benzene rings is 2. The van der Waals surface area contributed by atoms with Gasteiger partial charge in [0.05, 0.1) is 41.0 Å². The monoisotopic (exact) mass is 414 g/mol. The van der Waals surface area contributed by atoms with Crippen molar-refractivity contribution in [1.82, 2.24) is 20.2 Å². The zero-order valence-electron chi connectivity index (χ0n) is 16.6. The molecule has 0 spiro atoms. The summed E-state index contributed by atoms with van der Waals surface area (Å²) in [6, 6.07) is 15.1. The van der Waals surface area contributed by atoms with Gasteiger partial charge in [0.25, 0.3) is 17.7 Å². The molecule has 0 saturated carbocycles. The minimum absolute atomic E-state index is 0.0456. The van der Waals surface area contributed by atoms with E-state index < -0.39 is 11.8 Å². The first-order valence-corrected chi connectivity index (χ1v) is 9.79. The summed E-state index contributed by atoms with van der Waals surface area (Å²) in [4.78, 5) is 47.0. The molecule has 1 atom stereocenters. The Morgan fingerprint density at radius 3 is 2.68 bits per heavy atom. The number of fused-ring (bicyclic) bond motifs is 2. The fourth-order valence-corrected chi connectivity index (χ4v) is 3.66. The smallest absolute Gasteiger partial charge is 0.261 e. The molecule has 1 aliphatic heterocycles. The van der Waals surface area contributed by atoms with Crippen molar-refractivity contribution in [1.29, 1.82) is 0 Å². The molecule has 31 heavy (non-hydrogen) atoms. The van der Waals surface area contributed by atoms with Crippen LogP contribution in [0.15, 0.2) is 65.3 Å². The van der Waals surface area contributed by atoms with Gasteiger partial charge in [0, 0.05) is 5.56 Å². The van der Waals surface area contributed by atoms with E-state index in [2.05, 4.69) is 15.3 Å². The Labute approximate surface area is 176 Å². The molecule has 4 aromatic rings. The number of carbonyl (C=O) groups excluding carboxylic acids is 3. The Morgan fingerprint density at radius 1 is 1.10 bits per heavy atom. The molecule has 1 aliphatic rings. The van der Waals surface area contributed by atoms with E-state index in [9.17, 15) is 14.4 Å². The van der Waals surface area contributed by atoms with Gasteiger partial charge in [0.2, 0.25) is 0 Å². The number of nitrogens with zero attached hydrogens (tertiary/aromatic N) is 2. The second-order valence-electron chi connectivity index (χ2n) is 7.37. The van der Waals surface area contributed by atoms with Gasteiger partial charge in [-0.05, 0) is 49.4 Å². The number of furan rings is 1. The molecule has 2 N–H and O–H groups in total. The average Bonchev–Trinajstić information content (AvgIpc) is 3.49. The van der Waals surface area contributed by atoms with Crippen molar-refractivity contribution in [2.45, 2.75) is 19.5 Å². The first kappa shape index (κ1) is 18.8. The molecule has 0 radical (unpaired) electrons. The van der Waals surface area contributed by atoms with Crippen LogP contribution in [0, 0.1) is 0 Å². The van der Waals surface area contributed by atoms with Crippen LogP contribution >= 0.6 is 0 Å². The molecule has 0 saturated heterocycles. The fourth-order valence-electron chi connectivity index (χ4n) is 3.66. The molecule has 0 bridgehead atoms. The highest BCUT2D eigenvalue weighted by Gasteiger charge is 2.36. The number of hydrogen-bond donors (Lipinski definition) is 2. The predicted molar refractivity (Wildman–Crippen MR) is 111 cm³/mol. The van der Waals surface area contributed by atoms with Crippen LogP contribution in [0.3, 0.4) is 0 Å². The molecule has 5 rings (SSSR count). The van der Waals surface area contributed by atoms with E-state index in [4.69, 9.17) is 4.42 Å². The first-order valence-electron chi connectivity index (χ1n) is 9.79. The van der Waals surface area contributed by atoms with Crippen LogP contribution in [0.5, 0.6) is 0 Å². The predicted octanol–water partition coefficient (Wildman–Crippen LogP) is 3.44. The van der Waals surface area contributed by atoms with Crippen LogP contribution in [0.25, 0.3) is 11.0 Å². The highest BCUT2D eigenvalue weighted by atomic mass is 16.3. The van der Waals surface area contributed by atoms with E-state index in [1.807, 2.05) is 31.2 Å². The molecule has 0 aliphatic carbocycles. The Hall–Kier alpha value is -4.20. The number of rotatable bonds is 5. The molecule has 8 nitrogen and oxygen atoms in total. The summed E-state index contributed by atoms with van der Waals surface area (Å²) in [5, 5.41) is 2.88. The third kappa shape index (κ3) is 3.28. The lowest BCUT2D eigenvalue weighted by atomic mass is 10.1. The van der Waals surface area contributed by atoms with Gasteiger partial charge < -0.3 is 14.7 Å². The number of imide groups is 1. The normalized spacial score (nSPS) is 14.2. The minimum Gasteiger partial charge on any atom is -0.467 e. The quantitative estimate of drug-likeness (QED) is 0.486. The Balaban J connectivity index is 1.35. The second-order valence-corrected chi connectivity index (χ2v) is 7.37. The largest absolute Gasteiger partial charge is 0.467 e. The van der Waals surface area contributed by atoms with Gasteiger partial charge in [0.1, 0.15) is 11.6 Å². The van der Waals surface area contributed by atoms with Gasteiger partial charge >= 0.3 is 0 Å².